The molecule has 4 nitrogen and oxygen atoms in total. The van der Waals surface area contributed by atoms with E-state index in [0.29, 0.717) is 18.9 Å². The Kier molecular flexibility index (Phi) is 6.77. The minimum atomic E-state index is -4.34. The van der Waals surface area contributed by atoms with E-state index in [9.17, 15) is 18.3 Å². The smallest absolute Gasteiger partial charge is 0.389 e. The van der Waals surface area contributed by atoms with Gasteiger partial charge in [-0.15, -0.1) is 0 Å². The van der Waals surface area contributed by atoms with Gasteiger partial charge in [0.05, 0.1) is 31.5 Å². The van der Waals surface area contributed by atoms with E-state index in [1.54, 1.807) is 7.11 Å². The first-order chi connectivity index (χ1) is 9.43. The number of methoxy groups -OCH3 is 1. The van der Waals surface area contributed by atoms with Gasteiger partial charge in [0.1, 0.15) is 0 Å². The number of anilines is 1. The molecule has 2 N–H and O–H groups in total. The number of aliphatic hydroxyl groups excluding tert-OH is 1. The van der Waals surface area contributed by atoms with Crippen LogP contribution in [0.1, 0.15) is 5.56 Å². The van der Waals surface area contributed by atoms with Crippen molar-refractivity contribution in [3.8, 4) is 0 Å². The number of ether oxygens (including phenoxy) is 2. The van der Waals surface area contributed by atoms with Gasteiger partial charge in [-0.05, 0) is 24.3 Å². The van der Waals surface area contributed by atoms with Crippen molar-refractivity contribution in [2.45, 2.75) is 12.3 Å². The van der Waals surface area contributed by atoms with E-state index in [1.165, 1.54) is 12.1 Å². The Hall–Kier alpha value is -1.31. The van der Waals surface area contributed by atoms with Crippen LogP contribution in [0.2, 0.25) is 0 Å². The first-order valence-electron chi connectivity index (χ1n) is 6.09. The Balaban J connectivity index is 2.31. The second-order valence-corrected chi connectivity index (χ2v) is 4.18. The average molecular weight is 293 g/mol. The van der Waals surface area contributed by atoms with Crippen molar-refractivity contribution in [1.29, 1.82) is 0 Å². The summed E-state index contributed by atoms with van der Waals surface area (Å²) in [6.45, 7) is 1.15. The van der Waals surface area contributed by atoms with E-state index in [1.807, 2.05) is 0 Å². The van der Waals surface area contributed by atoms with E-state index in [2.05, 4.69) is 5.32 Å². The van der Waals surface area contributed by atoms with Crippen molar-refractivity contribution in [3.63, 3.8) is 0 Å². The van der Waals surface area contributed by atoms with Gasteiger partial charge < -0.3 is 19.9 Å². The molecule has 0 amide bonds. The summed E-state index contributed by atoms with van der Waals surface area (Å²) in [5, 5.41) is 12.4. The molecular formula is C13H18F3NO3. The van der Waals surface area contributed by atoms with Crippen LogP contribution < -0.4 is 5.32 Å². The minimum Gasteiger partial charge on any atom is -0.389 e. The van der Waals surface area contributed by atoms with Gasteiger partial charge in [0.2, 0.25) is 0 Å². The first-order valence-corrected chi connectivity index (χ1v) is 6.09. The number of hydrogen-bond acceptors (Lipinski definition) is 4. The lowest BCUT2D eigenvalue weighted by Gasteiger charge is -2.14. The van der Waals surface area contributed by atoms with Gasteiger partial charge in [-0.2, -0.15) is 13.2 Å². The monoisotopic (exact) mass is 293 g/mol. The molecule has 1 rings (SSSR count). The fourth-order valence-corrected chi connectivity index (χ4v) is 1.43. The molecule has 0 spiro atoms. The summed E-state index contributed by atoms with van der Waals surface area (Å²) >= 11 is 0. The lowest BCUT2D eigenvalue weighted by atomic mass is 10.2. The van der Waals surface area contributed by atoms with Gasteiger partial charge in [-0.1, -0.05) is 0 Å². The Morgan fingerprint density at radius 1 is 1.20 bits per heavy atom. The zero-order chi connectivity index (χ0) is 15.0. The van der Waals surface area contributed by atoms with Crippen molar-refractivity contribution in [3.05, 3.63) is 29.8 Å². The highest BCUT2D eigenvalue weighted by Crippen LogP contribution is 2.29. The summed E-state index contributed by atoms with van der Waals surface area (Å²) in [6.07, 6.45) is -5.08. The number of rotatable bonds is 8. The second-order valence-electron chi connectivity index (χ2n) is 4.18. The van der Waals surface area contributed by atoms with Gasteiger partial charge in [0.15, 0.2) is 0 Å². The summed E-state index contributed by atoms with van der Waals surface area (Å²) in [5.41, 5.74) is -0.194. The molecule has 0 bridgehead atoms. The van der Waals surface area contributed by atoms with Gasteiger partial charge in [-0.3, -0.25) is 0 Å². The van der Waals surface area contributed by atoms with E-state index in [-0.39, 0.29) is 13.2 Å². The molecule has 0 fully saturated rings. The Morgan fingerprint density at radius 3 is 2.40 bits per heavy atom. The summed E-state index contributed by atoms with van der Waals surface area (Å²) in [4.78, 5) is 0. The Morgan fingerprint density at radius 2 is 1.85 bits per heavy atom. The summed E-state index contributed by atoms with van der Waals surface area (Å²) < 4.78 is 46.9. The maximum atomic E-state index is 12.3. The van der Waals surface area contributed by atoms with Crippen molar-refractivity contribution < 1.29 is 27.8 Å². The lowest BCUT2D eigenvalue weighted by Crippen LogP contribution is -2.25. The van der Waals surface area contributed by atoms with Gasteiger partial charge in [0, 0.05) is 19.3 Å². The minimum absolute atomic E-state index is 0.136. The van der Waals surface area contributed by atoms with Gasteiger partial charge in [0.25, 0.3) is 0 Å². The van der Waals surface area contributed by atoms with Crippen molar-refractivity contribution in [2.24, 2.45) is 0 Å². The largest absolute Gasteiger partial charge is 0.416 e. The average Bonchev–Trinajstić information content (AvgIpc) is 2.41. The molecule has 1 atom stereocenters. The normalized spacial score (nSPS) is 13.2. The maximum absolute atomic E-state index is 12.3. The summed E-state index contributed by atoms with van der Waals surface area (Å²) in [6, 6.07) is 4.62. The summed E-state index contributed by atoms with van der Waals surface area (Å²) in [5.74, 6) is 0. The van der Waals surface area contributed by atoms with Crippen molar-refractivity contribution in [1.82, 2.24) is 0 Å². The number of aliphatic hydroxyl groups is 1. The third-order valence-corrected chi connectivity index (χ3v) is 2.50. The van der Waals surface area contributed by atoms with Gasteiger partial charge >= 0.3 is 6.18 Å². The van der Waals surface area contributed by atoms with E-state index in [4.69, 9.17) is 9.47 Å². The molecule has 20 heavy (non-hydrogen) atoms. The van der Waals surface area contributed by atoms with E-state index < -0.39 is 17.8 Å². The molecule has 0 radical (unpaired) electrons. The van der Waals surface area contributed by atoms with E-state index >= 15 is 0 Å². The number of halogens is 3. The van der Waals surface area contributed by atoms with Crippen LogP contribution in [0.3, 0.4) is 0 Å². The van der Waals surface area contributed by atoms with Crippen LogP contribution in [-0.4, -0.2) is 44.7 Å². The number of benzene rings is 1. The van der Waals surface area contributed by atoms with Crippen LogP contribution in [0.15, 0.2) is 24.3 Å². The van der Waals surface area contributed by atoms with Crippen LogP contribution in [0.5, 0.6) is 0 Å². The zero-order valence-corrected chi connectivity index (χ0v) is 11.1. The Bertz CT molecular complexity index is 381. The molecule has 0 aliphatic carbocycles. The fraction of sp³-hybridized carbons (Fsp3) is 0.538. The fourth-order valence-electron chi connectivity index (χ4n) is 1.43. The topological polar surface area (TPSA) is 50.7 Å². The van der Waals surface area contributed by atoms with E-state index in [0.717, 1.165) is 12.1 Å². The number of nitrogens with one attached hydrogen (secondary N) is 1. The number of hydrogen-bond donors (Lipinski definition) is 2. The van der Waals surface area contributed by atoms with Crippen LogP contribution >= 0.6 is 0 Å². The molecule has 0 aliphatic heterocycles. The van der Waals surface area contributed by atoms with Crippen molar-refractivity contribution in [2.75, 3.05) is 38.8 Å². The van der Waals surface area contributed by atoms with Crippen LogP contribution in [0.25, 0.3) is 0 Å². The number of alkyl halides is 3. The second kappa shape index (κ2) is 8.08. The quantitative estimate of drug-likeness (QED) is 0.721. The predicted molar refractivity (Wildman–Crippen MR) is 68.6 cm³/mol. The molecule has 0 heterocycles. The third kappa shape index (κ3) is 6.23. The highest BCUT2D eigenvalue weighted by molar-refractivity contribution is 5.45. The first kappa shape index (κ1) is 16.7. The Labute approximate surface area is 115 Å². The molecule has 1 aromatic rings. The molecule has 1 unspecified atom stereocenters. The predicted octanol–water partition coefficient (Wildman–Crippen LogP) is 2.14. The van der Waals surface area contributed by atoms with Crippen LogP contribution in [-0.2, 0) is 15.7 Å². The molecule has 0 saturated carbocycles. The third-order valence-electron chi connectivity index (χ3n) is 2.50. The highest BCUT2D eigenvalue weighted by atomic mass is 19.4. The molecule has 0 aromatic heterocycles. The molecular weight excluding hydrogens is 275 g/mol. The maximum Gasteiger partial charge on any atom is 0.416 e. The SMILES string of the molecule is COCCOCC(O)CNc1ccc(C(F)(F)F)cc1. The standard InChI is InChI=1S/C13H18F3NO3/c1-19-6-7-20-9-12(18)8-17-11-4-2-10(3-5-11)13(14,15)16/h2-5,12,17-18H,6-9H2,1H3. The molecule has 0 aliphatic rings. The highest BCUT2D eigenvalue weighted by Gasteiger charge is 2.29. The molecule has 7 heteroatoms. The molecule has 0 saturated heterocycles. The van der Waals surface area contributed by atoms with Gasteiger partial charge in [-0.25, -0.2) is 0 Å². The zero-order valence-electron chi connectivity index (χ0n) is 11.1. The molecule has 114 valence electrons. The lowest BCUT2D eigenvalue weighted by molar-refractivity contribution is -0.137. The van der Waals surface area contributed by atoms with Crippen molar-refractivity contribution >= 4 is 5.69 Å². The summed E-state index contributed by atoms with van der Waals surface area (Å²) in [7, 11) is 1.55. The molecule has 1 aromatic carbocycles. The van der Waals surface area contributed by atoms with Crippen LogP contribution in [0.4, 0.5) is 18.9 Å². The van der Waals surface area contributed by atoms with Crippen LogP contribution in [0, 0.1) is 0 Å².